The molecule has 0 unspecified atom stereocenters. The van der Waals surface area contributed by atoms with Gasteiger partial charge in [0.15, 0.2) is 0 Å². The summed E-state index contributed by atoms with van der Waals surface area (Å²) in [6, 6.07) is 30.3. The molecule has 1 heterocycles. The zero-order valence-electron chi connectivity index (χ0n) is 15.9. The molecule has 144 valence electrons. The molecule has 4 aromatic rings. The summed E-state index contributed by atoms with van der Waals surface area (Å²) in [6.07, 6.45) is 0. The van der Waals surface area contributed by atoms with Crippen molar-refractivity contribution in [1.82, 2.24) is 0 Å². The van der Waals surface area contributed by atoms with Crippen LogP contribution in [0.25, 0.3) is 0 Å². The molecule has 0 aliphatic carbocycles. The van der Waals surface area contributed by atoms with Crippen LogP contribution in [0.5, 0.6) is 0 Å². The van der Waals surface area contributed by atoms with Crippen LogP contribution in [0.2, 0.25) is 0 Å². The Kier molecular flexibility index (Phi) is 4.88. The lowest BCUT2D eigenvalue weighted by Gasteiger charge is -2.11. The molecule has 1 aliphatic heterocycles. The first-order valence-electron chi connectivity index (χ1n) is 9.57. The maximum Gasteiger partial charge on any atom is 0.419 e. The van der Waals surface area contributed by atoms with E-state index >= 15 is 0 Å². The van der Waals surface area contributed by atoms with Gasteiger partial charge in [-0.25, -0.2) is 0 Å². The van der Waals surface area contributed by atoms with Crippen LogP contribution in [0, 0.1) is 0 Å². The molecule has 0 bridgehead atoms. The number of anilines is 4. The summed E-state index contributed by atoms with van der Waals surface area (Å²) in [6.45, 7) is 0. The summed E-state index contributed by atoms with van der Waals surface area (Å²) in [4.78, 5) is 0. The molecule has 6 heteroatoms. The van der Waals surface area contributed by atoms with E-state index in [9.17, 15) is 9.13 Å². The number of benzene rings is 4. The Bertz CT molecular complexity index is 1110. The van der Waals surface area contributed by atoms with Crippen molar-refractivity contribution in [3.63, 3.8) is 0 Å². The predicted molar refractivity (Wildman–Crippen MR) is 126 cm³/mol. The van der Waals surface area contributed by atoms with E-state index in [1.807, 2.05) is 97.1 Å². The minimum absolute atomic E-state index is 0.709. The molecule has 0 aromatic heterocycles. The van der Waals surface area contributed by atoms with Crippen molar-refractivity contribution in [2.75, 3.05) is 10.6 Å². The quantitative estimate of drug-likeness (QED) is 0.339. The number of hydrogen-bond acceptors (Lipinski definition) is 4. The normalized spacial score (nSPS) is 15.1. The lowest BCUT2D eigenvalue weighted by Crippen LogP contribution is -2.19. The van der Waals surface area contributed by atoms with Crippen LogP contribution >= 0.6 is 15.6 Å². The summed E-state index contributed by atoms with van der Waals surface area (Å²) in [5.41, 5.74) is 2.99. The zero-order valence-corrected chi connectivity index (χ0v) is 17.7. The minimum atomic E-state index is -1.85. The van der Waals surface area contributed by atoms with Gasteiger partial charge < -0.3 is 10.6 Å². The van der Waals surface area contributed by atoms with Gasteiger partial charge in [0, 0.05) is 0 Å². The van der Waals surface area contributed by atoms with Gasteiger partial charge in [0.1, 0.15) is 0 Å². The average molecular weight is 428 g/mol. The molecule has 5 rings (SSSR count). The predicted octanol–water partition coefficient (Wildman–Crippen LogP) is 5.04. The Morgan fingerprint density at radius 3 is 0.900 bits per heavy atom. The average Bonchev–Trinajstić information content (AvgIpc) is 2.79. The molecule has 1 aliphatic rings. The molecule has 4 aromatic carbocycles. The summed E-state index contributed by atoms with van der Waals surface area (Å²) in [5.74, 6) is 0. The van der Waals surface area contributed by atoms with Gasteiger partial charge in [0.2, 0.25) is 21.2 Å². The Labute approximate surface area is 176 Å². The standard InChI is InChI=1S/C24H18N2O2P2/c27-29-21-13-5-1-9-17(21)25-18-10-2-6-14-22(18)30(28)24-16-8-4-12-20(24)26-19-11-3-7-15-23(19)29/h1-16,25-26H/q+2. The van der Waals surface area contributed by atoms with Crippen molar-refractivity contribution in [2.24, 2.45) is 0 Å². The van der Waals surface area contributed by atoms with Gasteiger partial charge in [-0.1, -0.05) is 57.7 Å². The van der Waals surface area contributed by atoms with E-state index < -0.39 is 15.6 Å². The summed E-state index contributed by atoms with van der Waals surface area (Å²) in [7, 11) is -3.71. The van der Waals surface area contributed by atoms with Crippen LogP contribution in [0.4, 0.5) is 22.7 Å². The van der Waals surface area contributed by atoms with Gasteiger partial charge in [-0.2, -0.15) is 0 Å². The maximum atomic E-state index is 13.6. The Hall–Kier alpha value is -3.32. The second kappa shape index (κ2) is 7.84. The topological polar surface area (TPSA) is 58.2 Å². The van der Waals surface area contributed by atoms with E-state index in [-0.39, 0.29) is 0 Å². The molecule has 0 saturated carbocycles. The number of nitrogens with one attached hydrogen (secondary N) is 2. The molecule has 2 N–H and O–H groups in total. The first-order valence-corrected chi connectivity index (χ1v) is 12.1. The van der Waals surface area contributed by atoms with E-state index in [0.717, 1.165) is 22.7 Å². The molecule has 0 atom stereocenters. The van der Waals surface area contributed by atoms with E-state index in [1.165, 1.54) is 0 Å². The third-order valence-electron chi connectivity index (χ3n) is 5.03. The van der Waals surface area contributed by atoms with Crippen molar-refractivity contribution in [2.45, 2.75) is 0 Å². The fourth-order valence-corrected chi connectivity index (χ4v) is 6.38. The molecule has 0 fully saturated rings. The van der Waals surface area contributed by atoms with Crippen molar-refractivity contribution >= 4 is 59.6 Å². The lowest BCUT2D eigenvalue weighted by molar-refractivity contribution is 0.597. The van der Waals surface area contributed by atoms with E-state index in [4.69, 9.17) is 0 Å². The van der Waals surface area contributed by atoms with E-state index in [2.05, 4.69) is 10.6 Å². The van der Waals surface area contributed by atoms with Gasteiger partial charge in [-0.15, -0.1) is 0 Å². The first kappa shape index (κ1) is 18.7. The highest BCUT2D eigenvalue weighted by molar-refractivity contribution is 7.62. The van der Waals surface area contributed by atoms with Crippen LogP contribution in [0.3, 0.4) is 0 Å². The van der Waals surface area contributed by atoms with Crippen molar-refractivity contribution in [3.05, 3.63) is 97.1 Å². The van der Waals surface area contributed by atoms with Gasteiger partial charge in [0.25, 0.3) is 0 Å². The van der Waals surface area contributed by atoms with E-state index in [1.54, 1.807) is 0 Å². The zero-order chi connectivity index (χ0) is 20.5. The number of para-hydroxylation sites is 4. The smallest absolute Gasteiger partial charge is 0.348 e. The first-order chi connectivity index (χ1) is 14.7. The van der Waals surface area contributed by atoms with Crippen LogP contribution < -0.4 is 31.9 Å². The van der Waals surface area contributed by atoms with Crippen molar-refractivity contribution in [3.8, 4) is 0 Å². The molecule has 4 nitrogen and oxygen atoms in total. The Morgan fingerprint density at radius 1 is 0.400 bits per heavy atom. The van der Waals surface area contributed by atoms with E-state index in [0.29, 0.717) is 21.2 Å². The SMILES string of the molecule is O=[P+]1c2ccccc2Nc2ccccc2[P+](=O)c2ccccc2Nc2ccccc21. The number of hydrogen-bond donors (Lipinski definition) is 2. The highest BCUT2D eigenvalue weighted by Gasteiger charge is 2.35. The fraction of sp³-hybridized carbons (Fsp3) is 0. The van der Waals surface area contributed by atoms with Gasteiger partial charge in [-0.05, 0) is 48.5 Å². The van der Waals surface area contributed by atoms with Gasteiger partial charge in [-0.3, -0.25) is 0 Å². The maximum absolute atomic E-state index is 13.6. The molecular weight excluding hydrogens is 410 g/mol. The molecule has 30 heavy (non-hydrogen) atoms. The highest BCUT2D eigenvalue weighted by Crippen LogP contribution is 2.34. The highest BCUT2D eigenvalue weighted by atomic mass is 31.1. The van der Waals surface area contributed by atoms with Crippen molar-refractivity contribution in [1.29, 1.82) is 0 Å². The summed E-state index contributed by atoms with van der Waals surface area (Å²) < 4.78 is 27.3. The number of fused-ring (bicyclic) bond motifs is 4. The van der Waals surface area contributed by atoms with Gasteiger partial charge >= 0.3 is 15.6 Å². The molecule has 0 spiro atoms. The van der Waals surface area contributed by atoms with Crippen LogP contribution in [0.15, 0.2) is 97.1 Å². The minimum Gasteiger partial charge on any atom is -0.348 e. The molecule has 0 saturated heterocycles. The summed E-state index contributed by atoms with van der Waals surface area (Å²) >= 11 is 0. The van der Waals surface area contributed by atoms with Crippen molar-refractivity contribution < 1.29 is 9.13 Å². The number of rotatable bonds is 0. The lowest BCUT2D eigenvalue weighted by atomic mass is 10.2. The Morgan fingerprint density at radius 2 is 0.633 bits per heavy atom. The third kappa shape index (κ3) is 3.31. The second-order valence-electron chi connectivity index (χ2n) is 6.91. The van der Waals surface area contributed by atoms with Crippen LogP contribution in [0.1, 0.15) is 0 Å². The molecule has 0 amide bonds. The van der Waals surface area contributed by atoms with Crippen LogP contribution in [-0.4, -0.2) is 0 Å². The van der Waals surface area contributed by atoms with Crippen LogP contribution in [-0.2, 0) is 9.13 Å². The monoisotopic (exact) mass is 428 g/mol. The molecule has 0 radical (unpaired) electrons. The summed E-state index contributed by atoms with van der Waals surface area (Å²) in [5, 5.41) is 9.62. The second-order valence-corrected chi connectivity index (χ2v) is 10.0. The van der Waals surface area contributed by atoms with Gasteiger partial charge in [0.05, 0.1) is 22.7 Å². The third-order valence-corrected chi connectivity index (χ3v) is 8.34. The largest absolute Gasteiger partial charge is 0.419 e. The Balaban J connectivity index is 1.79. The molecular formula is C24H18N2O2P2+2. The fourth-order valence-electron chi connectivity index (χ4n) is 3.58.